The Balaban J connectivity index is 1.63. The number of fused-ring (bicyclic) bond motifs is 1. The molecule has 27 heavy (non-hydrogen) atoms. The summed E-state index contributed by atoms with van der Waals surface area (Å²) in [5.41, 5.74) is 0.923. The minimum atomic E-state index is -0.370. The Morgan fingerprint density at radius 1 is 1.19 bits per heavy atom. The number of hydrogen-bond donors (Lipinski definition) is 1. The Morgan fingerprint density at radius 2 is 1.89 bits per heavy atom. The second kappa shape index (κ2) is 8.21. The van der Waals surface area contributed by atoms with E-state index in [2.05, 4.69) is 23.7 Å². The van der Waals surface area contributed by atoms with E-state index in [1.54, 1.807) is 11.9 Å². The lowest BCUT2D eigenvalue weighted by Crippen LogP contribution is -2.41. The summed E-state index contributed by atoms with van der Waals surface area (Å²) >= 11 is 0. The van der Waals surface area contributed by atoms with Crippen LogP contribution < -0.4 is 9.47 Å². The fourth-order valence-corrected chi connectivity index (χ4v) is 3.29. The lowest BCUT2D eigenvalue weighted by molar-refractivity contribution is 0.0844. The van der Waals surface area contributed by atoms with Gasteiger partial charge in [0.05, 0.1) is 0 Å². The summed E-state index contributed by atoms with van der Waals surface area (Å²) in [5.74, 6) is 1.31. The molecule has 1 fully saturated rings. The van der Waals surface area contributed by atoms with Crippen LogP contribution in [0.25, 0.3) is 10.9 Å². The summed E-state index contributed by atoms with van der Waals surface area (Å²) in [5, 5.41) is 0.974. The van der Waals surface area contributed by atoms with Crippen molar-refractivity contribution in [1.29, 1.82) is 0 Å². The van der Waals surface area contributed by atoms with Crippen molar-refractivity contribution in [3.8, 4) is 11.6 Å². The fraction of sp³-hybridized carbons (Fsp3) is 0.571. The summed E-state index contributed by atoms with van der Waals surface area (Å²) in [6, 6.07) is 8.47. The number of rotatable bonds is 5. The first-order chi connectivity index (χ1) is 12.8. The summed E-state index contributed by atoms with van der Waals surface area (Å²) in [7, 11) is 1.73. The molecule has 0 aliphatic carbocycles. The number of ether oxygens (including phenoxy) is 2. The van der Waals surface area contributed by atoms with Gasteiger partial charge in [0.15, 0.2) is 0 Å². The largest absolute Gasteiger partial charge is 0.490 e. The molecule has 3 rings (SSSR count). The second-order valence-electron chi connectivity index (χ2n) is 7.90. The maximum Gasteiger partial charge on any atom is 0.416 e. The third-order valence-electron chi connectivity index (χ3n) is 5.34. The Labute approximate surface area is 161 Å². The molecule has 0 atom stereocenters. The van der Waals surface area contributed by atoms with E-state index in [9.17, 15) is 4.79 Å². The highest BCUT2D eigenvalue weighted by Gasteiger charge is 2.22. The number of benzene rings is 1. The Hall–Kier alpha value is -2.21. The van der Waals surface area contributed by atoms with Crippen LogP contribution in [0.15, 0.2) is 24.3 Å². The van der Waals surface area contributed by atoms with Crippen LogP contribution in [0.4, 0.5) is 4.79 Å². The zero-order chi connectivity index (χ0) is 19.6. The molecule has 0 saturated carbocycles. The Kier molecular flexibility index (Phi) is 5.95. The highest BCUT2D eigenvalue weighted by atomic mass is 16.6. The monoisotopic (exact) mass is 373 g/mol. The number of hydrogen-bond acceptors (Lipinski definition) is 4. The average molecular weight is 373 g/mol. The van der Waals surface area contributed by atoms with Gasteiger partial charge in [0.2, 0.25) is 5.88 Å². The standard InChI is InChI=1S/C21H31N3O3/c1-14(2)23(5)21(25)27-20-13-16-12-18(6-7-19(16)22-20)26-17-8-10-24(11-9-17)15(3)4/h6-7,12-15,17,22H,8-11H2,1-5H3. The number of aromatic amines is 1. The number of aromatic nitrogens is 1. The van der Waals surface area contributed by atoms with Crippen LogP contribution in [0, 0.1) is 0 Å². The number of carbonyl (C=O) groups is 1. The molecule has 1 aromatic carbocycles. The van der Waals surface area contributed by atoms with E-state index in [1.165, 1.54) is 0 Å². The molecule has 148 valence electrons. The number of H-pyrrole nitrogens is 1. The molecule has 1 aromatic heterocycles. The number of nitrogens with one attached hydrogen (secondary N) is 1. The van der Waals surface area contributed by atoms with Crippen LogP contribution in [-0.2, 0) is 0 Å². The first-order valence-electron chi connectivity index (χ1n) is 9.81. The van der Waals surface area contributed by atoms with Crippen molar-refractivity contribution >= 4 is 17.0 Å². The molecule has 6 heteroatoms. The van der Waals surface area contributed by atoms with Gasteiger partial charge in [0.25, 0.3) is 0 Å². The van der Waals surface area contributed by atoms with Gasteiger partial charge in [0.1, 0.15) is 11.9 Å². The molecule has 1 aliphatic rings. The van der Waals surface area contributed by atoms with E-state index in [0.29, 0.717) is 11.9 Å². The van der Waals surface area contributed by atoms with E-state index in [0.717, 1.165) is 42.6 Å². The minimum Gasteiger partial charge on any atom is -0.490 e. The molecule has 2 heterocycles. The van der Waals surface area contributed by atoms with Crippen LogP contribution in [0.5, 0.6) is 11.6 Å². The van der Waals surface area contributed by atoms with Crippen LogP contribution in [0.3, 0.4) is 0 Å². The fourth-order valence-electron chi connectivity index (χ4n) is 3.29. The third kappa shape index (κ3) is 4.75. The van der Waals surface area contributed by atoms with Gasteiger partial charge < -0.3 is 24.3 Å². The predicted molar refractivity (Wildman–Crippen MR) is 108 cm³/mol. The average Bonchev–Trinajstić information content (AvgIpc) is 3.02. The van der Waals surface area contributed by atoms with Gasteiger partial charge in [0, 0.05) is 49.2 Å². The Bertz CT molecular complexity index is 776. The van der Waals surface area contributed by atoms with E-state index in [-0.39, 0.29) is 18.2 Å². The Morgan fingerprint density at radius 3 is 2.52 bits per heavy atom. The zero-order valence-corrected chi connectivity index (χ0v) is 17.0. The summed E-state index contributed by atoms with van der Waals surface area (Å²) in [6.07, 6.45) is 1.99. The summed E-state index contributed by atoms with van der Waals surface area (Å²) in [6.45, 7) is 10.5. The smallest absolute Gasteiger partial charge is 0.416 e. The predicted octanol–water partition coefficient (Wildman–Crippen LogP) is 4.26. The lowest BCUT2D eigenvalue weighted by atomic mass is 10.1. The van der Waals surface area contributed by atoms with Gasteiger partial charge in [-0.25, -0.2) is 4.79 Å². The van der Waals surface area contributed by atoms with Crippen LogP contribution >= 0.6 is 0 Å². The van der Waals surface area contributed by atoms with Crippen molar-refractivity contribution in [2.45, 2.75) is 58.7 Å². The van der Waals surface area contributed by atoms with E-state index >= 15 is 0 Å². The van der Waals surface area contributed by atoms with Crippen molar-refractivity contribution < 1.29 is 14.3 Å². The quantitative estimate of drug-likeness (QED) is 0.851. The van der Waals surface area contributed by atoms with Crippen LogP contribution in [-0.4, -0.2) is 59.2 Å². The number of nitrogens with zero attached hydrogens (tertiary/aromatic N) is 2. The number of amides is 1. The van der Waals surface area contributed by atoms with Crippen LogP contribution in [0.2, 0.25) is 0 Å². The molecular formula is C21H31N3O3. The summed E-state index contributed by atoms with van der Waals surface area (Å²) in [4.78, 5) is 19.3. The van der Waals surface area contributed by atoms with Gasteiger partial charge >= 0.3 is 6.09 Å². The van der Waals surface area contributed by atoms with Gasteiger partial charge in [-0.2, -0.15) is 0 Å². The molecule has 0 radical (unpaired) electrons. The molecule has 1 saturated heterocycles. The molecule has 6 nitrogen and oxygen atoms in total. The molecule has 0 bridgehead atoms. The molecule has 1 amide bonds. The van der Waals surface area contributed by atoms with E-state index < -0.39 is 0 Å². The topological polar surface area (TPSA) is 57.8 Å². The number of carbonyl (C=O) groups excluding carboxylic acids is 1. The highest BCUT2D eigenvalue weighted by Crippen LogP contribution is 2.27. The minimum absolute atomic E-state index is 0.0870. The number of likely N-dealkylation sites (tertiary alicyclic amines) is 1. The zero-order valence-electron chi connectivity index (χ0n) is 17.0. The molecule has 2 aromatic rings. The third-order valence-corrected chi connectivity index (χ3v) is 5.34. The first kappa shape index (κ1) is 19.5. The van der Waals surface area contributed by atoms with Gasteiger partial charge in [-0.1, -0.05) is 0 Å². The lowest BCUT2D eigenvalue weighted by Gasteiger charge is -2.34. The molecule has 0 spiro atoms. The maximum atomic E-state index is 12.1. The first-order valence-corrected chi connectivity index (χ1v) is 9.81. The van der Waals surface area contributed by atoms with Gasteiger partial charge in [-0.05, 0) is 58.7 Å². The molecule has 0 unspecified atom stereocenters. The van der Waals surface area contributed by atoms with E-state index in [4.69, 9.17) is 9.47 Å². The van der Waals surface area contributed by atoms with Crippen molar-refractivity contribution in [2.75, 3.05) is 20.1 Å². The van der Waals surface area contributed by atoms with Crippen LogP contribution in [0.1, 0.15) is 40.5 Å². The molecular weight excluding hydrogens is 342 g/mol. The maximum absolute atomic E-state index is 12.1. The van der Waals surface area contributed by atoms with E-state index in [1.807, 2.05) is 38.1 Å². The second-order valence-corrected chi connectivity index (χ2v) is 7.90. The molecule has 1 aliphatic heterocycles. The highest BCUT2D eigenvalue weighted by molar-refractivity contribution is 5.84. The van der Waals surface area contributed by atoms with Gasteiger partial charge in [-0.15, -0.1) is 0 Å². The SMILES string of the molecule is CC(C)N1CCC(Oc2ccc3[nH]c(OC(=O)N(C)C(C)C)cc3c2)CC1. The normalized spacial score (nSPS) is 16.3. The number of piperidine rings is 1. The summed E-state index contributed by atoms with van der Waals surface area (Å²) < 4.78 is 11.6. The van der Waals surface area contributed by atoms with Crippen molar-refractivity contribution in [2.24, 2.45) is 0 Å². The van der Waals surface area contributed by atoms with Gasteiger partial charge in [-0.3, -0.25) is 0 Å². The van der Waals surface area contributed by atoms with Crippen molar-refractivity contribution in [3.63, 3.8) is 0 Å². The van der Waals surface area contributed by atoms with Crippen molar-refractivity contribution in [1.82, 2.24) is 14.8 Å². The molecule has 1 N–H and O–H groups in total. The van der Waals surface area contributed by atoms with Crippen molar-refractivity contribution in [3.05, 3.63) is 24.3 Å².